The average molecular weight is 677 g/mol. The van der Waals surface area contributed by atoms with E-state index >= 15 is 0 Å². The molecule has 0 amide bonds. The molecule has 1 saturated heterocycles. The Labute approximate surface area is 290 Å². The standard InChI is InChI=1S/C39H40N4O5S/c1-25-18-30(21-35(45-5)27(25)3)32-22-36(48-41-32)28-10-13-34(44-4)37(20-28)47-24-43-16-14-42(15-17-43)23-46-33-12-11-29(19-26(33)2)39-40-31-8-6-7-9-38(31)49-39/h6-13,18-22H,14-17,23-24H2,1-5H3. The fourth-order valence-corrected chi connectivity index (χ4v) is 6.95. The molecule has 7 rings (SSSR count). The van der Waals surface area contributed by atoms with Gasteiger partial charge in [0.25, 0.3) is 0 Å². The van der Waals surface area contributed by atoms with Gasteiger partial charge in [-0.3, -0.25) is 9.80 Å². The van der Waals surface area contributed by atoms with Gasteiger partial charge in [0, 0.05) is 48.9 Å². The summed E-state index contributed by atoms with van der Waals surface area (Å²) in [6.07, 6.45) is 0. The molecule has 0 saturated carbocycles. The van der Waals surface area contributed by atoms with Crippen LogP contribution < -0.4 is 18.9 Å². The minimum atomic E-state index is 0.449. The molecule has 1 aliphatic heterocycles. The van der Waals surface area contributed by atoms with Gasteiger partial charge in [-0.25, -0.2) is 4.98 Å². The fraction of sp³-hybridized carbons (Fsp3) is 0.282. The van der Waals surface area contributed by atoms with Gasteiger partial charge in [0.05, 0.1) is 24.4 Å². The Balaban J connectivity index is 0.928. The second kappa shape index (κ2) is 14.3. The molecule has 0 bridgehead atoms. The van der Waals surface area contributed by atoms with Gasteiger partial charge in [0.2, 0.25) is 0 Å². The van der Waals surface area contributed by atoms with Crippen molar-refractivity contribution in [3.63, 3.8) is 0 Å². The normalized spacial score (nSPS) is 13.9. The maximum absolute atomic E-state index is 6.30. The van der Waals surface area contributed by atoms with Crippen LogP contribution in [0.15, 0.2) is 83.4 Å². The number of piperazine rings is 1. The molecule has 0 spiro atoms. The van der Waals surface area contributed by atoms with Crippen LogP contribution in [0.2, 0.25) is 0 Å². The lowest BCUT2D eigenvalue weighted by Crippen LogP contribution is -2.48. The molecule has 3 heterocycles. The lowest BCUT2D eigenvalue weighted by molar-refractivity contribution is 0.0323. The zero-order valence-electron chi connectivity index (χ0n) is 28.5. The monoisotopic (exact) mass is 676 g/mol. The van der Waals surface area contributed by atoms with Crippen molar-refractivity contribution in [3.8, 4) is 56.2 Å². The zero-order chi connectivity index (χ0) is 33.9. The molecule has 0 aliphatic carbocycles. The number of hydrogen-bond donors (Lipinski definition) is 0. The number of thiazole rings is 1. The van der Waals surface area contributed by atoms with E-state index in [1.165, 1.54) is 4.70 Å². The summed E-state index contributed by atoms with van der Waals surface area (Å²) in [6.45, 7) is 10.7. The molecular weight excluding hydrogens is 637 g/mol. The summed E-state index contributed by atoms with van der Waals surface area (Å²) in [5, 5.41) is 5.37. The lowest BCUT2D eigenvalue weighted by atomic mass is 10.0. The first-order chi connectivity index (χ1) is 23.9. The van der Waals surface area contributed by atoms with Gasteiger partial charge in [-0.1, -0.05) is 17.3 Å². The summed E-state index contributed by atoms with van der Waals surface area (Å²) in [5.41, 5.74) is 8.04. The third-order valence-electron chi connectivity index (χ3n) is 9.08. The molecule has 0 N–H and O–H groups in total. The first-order valence-electron chi connectivity index (χ1n) is 16.4. The van der Waals surface area contributed by atoms with Crippen molar-refractivity contribution in [2.75, 3.05) is 53.9 Å². The van der Waals surface area contributed by atoms with E-state index in [0.29, 0.717) is 30.7 Å². The van der Waals surface area contributed by atoms with Crippen molar-refractivity contribution in [3.05, 3.63) is 95.6 Å². The van der Waals surface area contributed by atoms with Gasteiger partial charge >= 0.3 is 0 Å². The molecule has 10 heteroatoms. The number of methoxy groups -OCH3 is 2. The average Bonchev–Trinajstić information content (AvgIpc) is 3.80. The van der Waals surface area contributed by atoms with Gasteiger partial charge in [0.1, 0.15) is 35.7 Å². The van der Waals surface area contributed by atoms with E-state index in [4.69, 9.17) is 28.5 Å². The predicted octanol–water partition coefficient (Wildman–Crippen LogP) is 8.22. The van der Waals surface area contributed by atoms with E-state index in [-0.39, 0.29) is 0 Å². The van der Waals surface area contributed by atoms with Gasteiger partial charge in [-0.2, -0.15) is 0 Å². The third-order valence-corrected chi connectivity index (χ3v) is 10.2. The first-order valence-corrected chi connectivity index (χ1v) is 17.2. The number of aromatic nitrogens is 2. The minimum Gasteiger partial charge on any atom is -0.496 e. The van der Waals surface area contributed by atoms with Crippen molar-refractivity contribution in [1.29, 1.82) is 0 Å². The van der Waals surface area contributed by atoms with Gasteiger partial charge in [-0.05, 0) is 98.1 Å². The highest BCUT2D eigenvalue weighted by atomic mass is 32.1. The van der Waals surface area contributed by atoms with Gasteiger partial charge in [0.15, 0.2) is 17.3 Å². The molecular formula is C39H40N4O5S. The highest BCUT2D eigenvalue weighted by molar-refractivity contribution is 7.21. The highest BCUT2D eigenvalue weighted by Gasteiger charge is 2.20. The number of benzene rings is 4. The molecule has 1 aliphatic rings. The quantitative estimate of drug-likeness (QED) is 0.135. The maximum atomic E-state index is 6.30. The third kappa shape index (κ3) is 7.12. The Morgan fingerprint density at radius 2 is 1.33 bits per heavy atom. The number of hydrogen-bond acceptors (Lipinski definition) is 10. The Kier molecular flexibility index (Phi) is 9.52. The predicted molar refractivity (Wildman–Crippen MR) is 194 cm³/mol. The van der Waals surface area contributed by atoms with Crippen LogP contribution in [0.3, 0.4) is 0 Å². The van der Waals surface area contributed by atoms with Crippen molar-refractivity contribution in [2.45, 2.75) is 20.8 Å². The molecule has 0 atom stereocenters. The summed E-state index contributed by atoms with van der Waals surface area (Å²) >= 11 is 1.71. The maximum Gasteiger partial charge on any atom is 0.167 e. The zero-order valence-corrected chi connectivity index (χ0v) is 29.3. The Morgan fingerprint density at radius 1 is 0.673 bits per heavy atom. The van der Waals surface area contributed by atoms with Crippen LogP contribution in [0.1, 0.15) is 16.7 Å². The van der Waals surface area contributed by atoms with Crippen LogP contribution in [0.4, 0.5) is 0 Å². The van der Waals surface area contributed by atoms with E-state index in [1.807, 2.05) is 43.3 Å². The van der Waals surface area contributed by atoms with Crippen molar-refractivity contribution in [2.24, 2.45) is 0 Å². The Hall–Kier alpha value is -4.90. The highest BCUT2D eigenvalue weighted by Crippen LogP contribution is 2.36. The van der Waals surface area contributed by atoms with Crippen LogP contribution in [0.5, 0.6) is 23.0 Å². The minimum absolute atomic E-state index is 0.449. The molecule has 9 nitrogen and oxygen atoms in total. The van der Waals surface area contributed by atoms with Crippen molar-refractivity contribution < 1.29 is 23.5 Å². The van der Waals surface area contributed by atoms with E-state index in [9.17, 15) is 0 Å². The van der Waals surface area contributed by atoms with Gasteiger partial charge < -0.3 is 23.5 Å². The number of rotatable bonds is 11. The van der Waals surface area contributed by atoms with Crippen LogP contribution in [0, 0.1) is 20.8 Å². The summed E-state index contributed by atoms with van der Waals surface area (Å²) in [6, 6.07) is 26.4. The molecule has 0 radical (unpaired) electrons. The van der Waals surface area contributed by atoms with Crippen LogP contribution >= 0.6 is 11.3 Å². The second-order valence-corrected chi connectivity index (χ2v) is 13.3. The molecule has 4 aromatic carbocycles. The van der Waals surface area contributed by atoms with Crippen LogP contribution in [-0.4, -0.2) is 73.8 Å². The van der Waals surface area contributed by atoms with Gasteiger partial charge in [-0.15, -0.1) is 11.3 Å². The number of nitrogens with zero attached hydrogens (tertiary/aromatic N) is 4. The molecule has 2 aromatic heterocycles. The van der Waals surface area contributed by atoms with E-state index in [1.54, 1.807) is 25.6 Å². The van der Waals surface area contributed by atoms with Crippen LogP contribution in [-0.2, 0) is 0 Å². The lowest BCUT2D eigenvalue weighted by Gasteiger charge is -2.34. The molecule has 252 valence electrons. The van der Waals surface area contributed by atoms with E-state index in [0.717, 1.165) is 87.3 Å². The summed E-state index contributed by atoms with van der Waals surface area (Å²) in [5.74, 6) is 3.69. The molecule has 49 heavy (non-hydrogen) atoms. The topological polar surface area (TPSA) is 82.3 Å². The van der Waals surface area contributed by atoms with E-state index in [2.05, 4.69) is 71.3 Å². The number of aryl methyl sites for hydroxylation is 2. The fourth-order valence-electron chi connectivity index (χ4n) is 5.99. The SMILES string of the molecule is COc1ccc(-c2cc(-c3cc(C)c(C)c(OC)c3)no2)cc1OCN1CCN(COc2ccc(-c3nc4ccccc4s3)cc2C)CC1. The summed E-state index contributed by atoms with van der Waals surface area (Å²) < 4.78 is 30.7. The van der Waals surface area contributed by atoms with Crippen LogP contribution in [0.25, 0.3) is 43.4 Å². The summed E-state index contributed by atoms with van der Waals surface area (Å²) in [4.78, 5) is 9.42. The number of ether oxygens (including phenoxy) is 4. The number of para-hydroxylation sites is 1. The van der Waals surface area contributed by atoms with Crippen molar-refractivity contribution in [1.82, 2.24) is 19.9 Å². The molecule has 6 aromatic rings. The Morgan fingerprint density at radius 3 is 2.04 bits per heavy atom. The first kappa shape index (κ1) is 32.6. The van der Waals surface area contributed by atoms with E-state index < -0.39 is 0 Å². The number of fused-ring (bicyclic) bond motifs is 1. The Bertz CT molecular complexity index is 2050. The molecule has 1 fully saturated rings. The van der Waals surface area contributed by atoms with Crippen molar-refractivity contribution >= 4 is 21.6 Å². The second-order valence-electron chi connectivity index (χ2n) is 12.3. The smallest absolute Gasteiger partial charge is 0.167 e. The molecule has 0 unspecified atom stereocenters. The largest absolute Gasteiger partial charge is 0.496 e. The summed E-state index contributed by atoms with van der Waals surface area (Å²) in [7, 11) is 3.33.